The number of nitrogens with zero attached hydrogens (tertiary/aromatic N) is 4. The maximum atomic E-state index is 13.0. The Hall–Kier alpha value is -3.18. The van der Waals surface area contributed by atoms with Crippen LogP contribution in [0.1, 0.15) is 43.7 Å². The molecule has 0 radical (unpaired) electrons. The smallest absolute Gasteiger partial charge is 0.272 e. The van der Waals surface area contributed by atoms with Crippen LogP contribution >= 0.6 is 11.6 Å². The monoisotopic (exact) mass is 493 g/mol. The van der Waals surface area contributed by atoms with Crippen molar-refractivity contribution in [1.29, 1.82) is 5.26 Å². The van der Waals surface area contributed by atoms with E-state index in [4.69, 9.17) is 21.6 Å². The van der Waals surface area contributed by atoms with E-state index in [-0.39, 0.29) is 40.5 Å². The highest BCUT2D eigenvalue weighted by molar-refractivity contribution is 6.31. The molecule has 2 heterocycles. The Morgan fingerprint density at radius 1 is 1.17 bits per heavy atom. The second kappa shape index (κ2) is 8.20. The highest BCUT2D eigenvalue weighted by atomic mass is 35.5. The van der Waals surface area contributed by atoms with E-state index in [1.165, 1.54) is 0 Å². The fraction of sp³-hybridized carbons (Fsp3) is 0.500. The predicted molar refractivity (Wildman–Crippen MR) is 130 cm³/mol. The lowest BCUT2D eigenvalue weighted by Gasteiger charge is -2.63. The van der Waals surface area contributed by atoms with Gasteiger partial charge in [0.05, 0.1) is 10.6 Å². The van der Waals surface area contributed by atoms with E-state index in [0.717, 1.165) is 25.2 Å². The molecule has 9 heteroatoms. The summed E-state index contributed by atoms with van der Waals surface area (Å²) in [7, 11) is 0. The first kappa shape index (κ1) is 23.6. The highest BCUT2D eigenvalue weighted by Gasteiger charge is 2.64. The molecule has 5 rings (SSSR count). The first-order chi connectivity index (χ1) is 16.6. The SMILES string of the molecule is CC1(C)C(NC(=O)c2ccc(N3C[C@@H]4[C@H](C=O)[C@@H]4C3)nn2)C(C)(C)C1Oc1ccc(C#N)c(Cl)c1. The number of hydrogen-bond donors (Lipinski definition) is 1. The number of aldehydes is 1. The second-order valence-electron chi connectivity index (χ2n) is 11.0. The third kappa shape index (κ3) is 3.82. The summed E-state index contributed by atoms with van der Waals surface area (Å²) >= 11 is 6.17. The number of carbonyl (C=O) groups is 2. The van der Waals surface area contributed by atoms with Gasteiger partial charge in [-0.1, -0.05) is 39.3 Å². The summed E-state index contributed by atoms with van der Waals surface area (Å²) in [5.41, 5.74) is -0.0640. The number of fused-ring (bicyclic) bond motifs is 1. The predicted octanol–water partition coefficient (Wildman–Crippen LogP) is 3.49. The van der Waals surface area contributed by atoms with Crippen LogP contribution < -0.4 is 15.0 Å². The lowest BCUT2D eigenvalue weighted by Crippen LogP contribution is -2.74. The molecule has 1 amide bonds. The molecule has 35 heavy (non-hydrogen) atoms. The molecule has 1 N–H and O–H groups in total. The Morgan fingerprint density at radius 2 is 1.86 bits per heavy atom. The van der Waals surface area contributed by atoms with Gasteiger partial charge in [-0.25, -0.2) is 0 Å². The van der Waals surface area contributed by atoms with Gasteiger partial charge in [0.2, 0.25) is 0 Å². The maximum Gasteiger partial charge on any atom is 0.272 e. The van der Waals surface area contributed by atoms with Gasteiger partial charge in [0, 0.05) is 41.9 Å². The van der Waals surface area contributed by atoms with Crippen molar-refractivity contribution in [3.8, 4) is 11.8 Å². The maximum absolute atomic E-state index is 13.0. The molecule has 1 aromatic heterocycles. The minimum absolute atomic E-state index is 0.159. The molecule has 3 atom stereocenters. The number of nitrogens with one attached hydrogen (secondary N) is 1. The van der Waals surface area contributed by atoms with Gasteiger partial charge >= 0.3 is 0 Å². The fourth-order valence-electron chi connectivity index (χ4n) is 6.38. The normalized spacial score (nSPS) is 29.4. The number of benzene rings is 1. The van der Waals surface area contributed by atoms with E-state index < -0.39 is 0 Å². The lowest BCUT2D eigenvalue weighted by atomic mass is 9.49. The molecule has 2 saturated carbocycles. The van der Waals surface area contributed by atoms with Gasteiger partial charge in [-0.2, -0.15) is 5.26 Å². The third-order valence-electron chi connectivity index (χ3n) is 8.05. The fourth-order valence-corrected chi connectivity index (χ4v) is 6.59. The minimum atomic E-state index is -0.362. The topological polar surface area (TPSA) is 108 Å². The van der Waals surface area contributed by atoms with Crippen molar-refractivity contribution in [2.24, 2.45) is 28.6 Å². The van der Waals surface area contributed by atoms with Crippen LogP contribution in [0.4, 0.5) is 5.82 Å². The molecule has 182 valence electrons. The van der Waals surface area contributed by atoms with Crippen LogP contribution in [0.25, 0.3) is 0 Å². The number of carbonyl (C=O) groups excluding carboxylic acids is 2. The molecule has 1 aliphatic heterocycles. The Kier molecular flexibility index (Phi) is 5.52. The zero-order valence-electron chi connectivity index (χ0n) is 20.2. The third-order valence-corrected chi connectivity index (χ3v) is 8.37. The van der Waals surface area contributed by atoms with Crippen molar-refractivity contribution >= 4 is 29.6 Å². The van der Waals surface area contributed by atoms with Crippen LogP contribution in [0, 0.1) is 39.9 Å². The van der Waals surface area contributed by atoms with E-state index in [1.807, 2.05) is 12.1 Å². The quantitative estimate of drug-likeness (QED) is 0.613. The molecule has 2 aromatic rings. The summed E-state index contributed by atoms with van der Waals surface area (Å²) in [6.45, 7) is 9.84. The summed E-state index contributed by atoms with van der Waals surface area (Å²) in [6.07, 6.45) is 0.874. The van der Waals surface area contributed by atoms with Crippen LogP contribution in [0.3, 0.4) is 0 Å². The first-order valence-corrected chi connectivity index (χ1v) is 12.2. The Morgan fingerprint density at radius 3 is 2.40 bits per heavy atom. The van der Waals surface area contributed by atoms with Crippen molar-refractivity contribution < 1.29 is 14.3 Å². The molecular weight excluding hydrogens is 466 g/mol. The number of piperidine rings is 1. The van der Waals surface area contributed by atoms with Crippen LogP contribution in [-0.4, -0.2) is 47.6 Å². The summed E-state index contributed by atoms with van der Waals surface area (Å²) in [6, 6.07) is 10.4. The van der Waals surface area contributed by atoms with E-state index in [9.17, 15) is 9.59 Å². The van der Waals surface area contributed by atoms with Gasteiger partial charge in [-0.05, 0) is 36.1 Å². The molecule has 1 saturated heterocycles. The Bertz CT molecular complexity index is 1190. The molecule has 0 bridgehead atoms. The number of amides is 1. The lowest BCUT2D eigenvalue weighted by molar-refractivity contribution is -0.164. The van der Waals surface area contributed by atoms with Gasteiger partial charge in [-0.3, -0.25) is 4.79 Å². The van der Waals surface area contributed by atoms with Gasteiger partial charge in [-0.15, -0.1) is 10.2 Å². The van der Waals surface area contributed by atoms with Gasteiger partial charge in [0.25, 0.3) is 5.91 Å². The standard InChI is InChI=1S/C26H28ClN5O3/c1-25(2)23(26(3,4)24(25)35-15-6-5-14(10-28)19(27)9-15)29-22(34)20-7-8-21(31-30-20)32-11-16-17(12-32)18(16)13-33/h5-9,13,16-18,23-24H,11-12H2,1-4H3,(H,29,34)/t16-,17+,18-,23?,24?. The van der Waals surface area contributed by atoms with Gasteiger partial charge in [0.1, 0.15) is 24.2 Å². The van der Waals surface area contributed by atoms with Crippen molar-refractivity contribution in [2.75, 3.05) is 18.0 Å². The average molecular weight is 494 g/mol. The average Bonchev–Trinajstić information content (AvgIpc) is 3.30. The number of rotatable bonds is 6. The zero-order chi connectivity index (χ0) is 25.1. The molecule has 0 spiro atoms. The summed E-state index contributed by atoms with van der Waals surface area (Å²) < 4.78 is 6.28. The summed E-state index contributed by atoms with van der Waals surface area (Å²) in [5, 5.41) is 21.0. The van der Waals surface area contributed by atoms with Crippen molar-refractivity contribution in [3.05, 3.63) is 46.6 Å². The molecule has 3 fully saturated rings. The number of aromatic nitrogens is 2. The summed E-state index contributed by atoms with van der Waals surface area (Å²) in [5.74, 6) is 2.09. The molecule has 0 unspecified atom stereocenters. The first-order valence-electron chi connectivity index (χ1n) is 11.8. The number of hydrogen-bond acceptors (Lipinski definition) is 7. The number of anilines is 1. The van der Waals surface area contributed by atoms with E-state index in [1.54, 1.807) is 24.3 Å². The molecule has 3 aliphatic rings. The van der Waals surface area contributed by atoms with Gasteiger partial charge < -0.3 is 19.7 Å². The number of halogens is 1. The van der Waals surface area contributed by atoms with Crippen molar-refractivity contribution in [3.63, 3.8) is 0 Å². The number of ether oxygens (including phenoxy) is 1. The Labute approximate surface area is 209 Å². The van der Waals surface area contributed by atoms with E-state index in [0.29, 0.717) is 28.2 Å². The minimum Gasteiger partial charge on any atom is -0.489 e. The van der Waals surface area contributed by atoms with Crippen molar-refractivity contribution in [1.82, 2.24) is 15.5 Å². The van der Waals surface area contributed by atoms with E-state index >= 15 is 0 Å². The zero-order valence-corrected chi connectivity index (χ0v) is 20.9. The highest BCUT2D eigenvalue weighted by Crippen LogP contribution is 2.55. The van der Waals surface area contributed by atoms with Crippen LogP contribution in [0.5, 0.6) is 5.75 Å². The summed E-state index contributed by atoms with van der Waals surface area (Å²) in [4.78, 5) is 26.1. The second-order valence-corrected chi connectivity index (χ2v) is 11.4. The van der Waals surface area contributed by atoms with Crippen molar-refractivity contribution in [2.45, 2.75) is 39.8 Å². The van der Waals surface area contributed by atoms with Crippen LogP contribution in [-0.2, 0) is 4.79 Å². The van der Waals surface area contributed by atoms with Crippen LogP contribution in [0.2, 0.25) is 5.02 Å². The van der Waals surface area contributed by atoms with Crippen LogP contribution in [0.15, 0.2) is 30.3 Å². The Balaban J connectivity index is 1.23. The molecule has 2 aliphatic carbocycles. The van der Waals surface area contributed by atoms with E-state index in [2.05, 4.69) is 48.1 Å². The largest absolute Gasteiger partial charge is 0.489 e. The van der Waals surface area contributed by atoms with Gasteiger partial charge in [0.15, 0.2) is 11.5 Å². The number of nitriles is 1. The molecule has 1 aromatic carbocycles. The molecular formula is C26H28ClN5O3. The molecule has 8 nitrogen and oxygen atoms in total.